The van der Waals surface area contributed by atoms with E-state index >= 15 is 0 Å². The zero-order valence-electron chi connectivity index (χ0n) is 13.9. The number of benzene rings is 2. The lowest BCUT2D eigenvalue weighted by atomic mass is 10.1. The Balaban J connectivity index is 1.83. The molecule has 3 aromatic rings. The molecule has 1 heterocycles. The second kappa shape index (κ2) is 7.02. The smallest absolute Gasteiger partial charge is 0.340 e. The number of carbonyl (C=O) groups excluding carboxylic acids is 1. The van der Waals surface area contributed by atoms with Crippen molar-refractivity contribution < 1.29 is 14.3 Å². The fourth-order valence-corrected chi connectivity index (χ4v) is 2.54. The standard InChI is InChI=1S/C20H16N2O3/c1-13-18(10-16-9-17(24-2)6-7-19(16)22-13)20(23)25-12-15-5-3-4-14(8-15)11-21/h3-10H,12H2,1-2H3. The van der Waals surface area contributed by atoms with Gasteiger partial charge in [0.1, 0.15) is 12.4 Å². The first-order valence-corrected chi connectivity index (χ1v) is 7.72. The Morgan fingerprint density at radius 2 is 2.04 bits per heavy atom. The van der Waals surface area contributed by atoms with Gasteiger partial charge in [-0.15, -0.1) is 0 Å². The summed E-state index contributed by atoms with van der Waals surface area (Å²) in [6.45, 7) is 1.88. The average molecular weight is 332 g/mol. The van der Waals surface area contributed by atoms with Crippen molar-refractivity contribution in [2.75, 3.05) is 7.11 Å². The van der Waals surface area contributed by atoms with Crippen LogP contribution in [-0.2, 0) is 11.3 Å². The van der Waals surface area contributed by atoms with E-state index in [1.54, 1.807) is 38.3 Å². The van der Waals surface area contributed by atoms with Crippen LogP contribution in [0.5, 0.6) is 5.75 Å². The summed E-state index contributed by atoms with van der Waals surface area (Å²) in [5.41, 5.74) is 3.10. The molecule has 124 valence electrons. The molecule has 2 aromatic carbocycles. The number of nitriles is 1. The summed E-state index contributed by atoms with van der Waals surface area (Å²) >= 11 is 0. The Bertz CT molecular complexity index is 990. The molecule has 0 radical (unpaired) electrons. The maximum absolute atomic E-state index is 12.4. The Hall–Kier alpha value is -3.39. The summed E-state index contributed by atoms with van der Waals surface area (Å²) in [7, 11) is 1.59. The third-order valence-corrected chi connectivity index (χ3v) is 3.86. The summed E-state index contributed by atoms with van der Waals surface area (Å²) in [5.74, 6) is 0.253. The van der Waals surface area contributed by atoms with Gasteiger partial charge in [-0.2, -0.15) is 5.26 Å². The van der Waals surface area contributed by atoms with Gasteiger partial charge in [0, 0.05) is 5.39 Å². The Kier molecular flexibility index (Phi) is 4.62. The van der Waals surface area contributed by atoms with Crippen molar-refractivity contribution in [2.45, 2.75) is 13.5 Å². The molecule has 3 rings (SSSR count). The summed E-state index contributed by atoms with van der Waals surface area (Å²) < 4.78 is 10.6. The Labute approximate surface area is 145 Å². The van der Waals surface area contributed by atoms with Crippen LogP contribution in [0.3, 0.4) is 0 Å². The van der Waals surface area contributed by atoms with Crippen LogP contribution < -0.4 is 4.74 Å². The van der Waals surface area contributed by atoms with E-state index in [9.17, 15) is 4.79 Å². The molecule has 0 saturated carbocycles. The number of fused-ring (bicyclic) bond motifs is 1. The molecule has 5 heteroatoms. The highest BCUT2D eigenvalue weighted by Gasteiger charge is 2.14. The van der Waals surface area contributed by atoms with Gasteiger partial charge in [0.25, 0.3) is 0 Å². The zero-order chi connectivity index (χ0) is 17.8. The highest BCUT2D eigenvalue weighted by Crippen LogP contribution is 2.22. The van der Waals surface area contributed by atoms with Crippen molar-refractivity contribution in [3.05, 3.63) is 70.9 Å². The van der Waals surface area contributed by atoms with Gasteiger partial charge in [0.2, 0.25) is 0 Å². The number of methoxy groups -OCH3 is 1. The maximum Gasteiger partial charge on any atom is 0.340 e. The van der Waals surface area contributed by atoms with E-state index in [-0.39, 0.29) is 6.61 Å². The number of carbonyl (C=O) groups is 1. The van der Waals surface area contributed by atoms with E-state index in [1.165, 1.54) is 0 Å². The van der Waals surface area contributed by atoms with Crippen LogP contribution in [0.25, 0.3) is 10.9 Å². The quantitative estimate of drug-likeness (QED) is 0.680. The number of esters is 1. The van der Waals surface area contributed by atoms with Crippen molar-refractivity contribution in [1.82, 2.24) is 4.98 Å². The summed E-state index contributed by atoms with van der Waals surface area (Å²) in [5, 5.41) is 9.73. The largest absolute Gasteiger partial charge is 0.497 e. The molecule has 25 heavy (non-hydrogen) atoms. The highest BCUT2D eigenvalue weighted by atomic mass is 16.5. The normalized spacial score (nSPS) is 10.3. The second-order valence-electron chi connectivity index (χ2n) is 5.57. The molecule has 0 aliphatic rings. The van der Waals surface area contributed by atoms with Crippen LogP contribution in [0.2, 0.25) is 0 Å². The molecule has 0 fully saturated rings. The van der Waals surface area contributed by atoms with E-state index in [1.807, 2.05) is 24.3 Å². The van der Waals surface area contributed by atoms with Crippen LogP contribution >= 0.6 is 0 Å². The number of pyridine rings is 1. The van der Waals surface area contributed by atoms with Gasteiger partial charge in [0.15, 0.2) is 0 Å². The molecule has 0 unspecified atom stereocenters. The number of rotatable bonds is 4. The molecule has 0 saturated heterocycles. The number of nitrogens with zero attached hydrogens (tertiary/aromatic N) is 2. The average Bonchev–Trinajstić information content (AvgIpc) is 2.65. The maximum atomic E-state index is 12.4. The second-order valence-corrected chi connectivity index (χ2v) is 5.57. The SMILES string of the molecule is COc1ccc2nc(C)c(C(=O)OCc3cccc(C#N)c3)cc2c1. The summed E-state index contributed by atoms with van der Waals surface area (Å²) in [6, 6.07) is 16.3. The van der Waals surface area contributed by atoms with Crippen LogP contribution in [-0.4, -0.2) is 18.1 Å². The molecule has 0 spiro atoms. The van der Waals surface area contributed by atoms with Gasteiger partial charge in [-0.1, -0.05) is 12.1 Å². The summed E-state index contributed by atoms with van der Waals surface area (Å²) in [4.78, 5) is 16.9. The monoisotopic (exact) mass is 332 g/mol. The Morgan fingerprint density at radius 3 is 2.80 bits per heavy atom. The lowest BCUT2D eigenvalue weighted by molar-refractivity contribution is 0.0471. The molecule has 1 aromatic heterocycles. The molecule has 0 N–H and O–H groups in total. The number of aryl methyl sites for hydroxylation is 1. The van der Waals surface area contributed by atoms with Gasteiger partial charge in [-0.25, -0.2) is 4.79 Å². The first kappa shape index (κ1) is 16.5. The van der Waals surface area contributed by atoms with E-state index in [2.05, 4.69) is 11.1 Å². The fourth-order valence-electron chi connectivity index (χ4n) is 2.54. The molecule has 5 nitrogen and oxygen atoms in total. The van der Waals surface area contributed by atoms with Gasteiger partial charge < -0.3 is 9.47 Å². The topological polar surface area (TPSA) is 72.2 Å². The molecule has 0 atom stereocenters. The summed E-state index contributed by atoms with van der Waals surface area (Å²) in [6.07, 6.45) is 0. The van der Waals surface area contributed by atoms with Crippen LogP contribution in [0.4, 0.5) is 0 Å². The number of hydrogen-bond acceptors (Lipinski definition) is 5. The van der Waals surface area contributed by atoms with Crippen molar-refractivity contribution in [3.8, 4) is 11.8 Å². The molecule has 0 bridgehead atoms. The third kappa shape index (κ3) is 3.59. The van der Waals surface area contributed by atoms with Crippen molar-refractivity contribution in [3.63, 3.8) is 0 Å². The predicted molar refractivity (Wildman–Crippen MR) is 93.3 cm³/mol. The van der Waals surface area contributed by atoms with Crippen molar-refractivity contribution >= 4 is 16.9 Å². The van der Waals surface area contributed by atoms with Gasteiger partial charge in [0.05, 0.1) is 35.5 Å². The van der Waals surface area contributed by atoms with E-state index in [0.29, 0.717) is 22.6 Å². The van der Waals surface area contributed by atoms with Crippen LogP contribution in [0.15, 0.2) is 48.5 Å². The number of hydrogen-bond donors (Lipinski definition) is 0. The lowest BCUT2D eigenvalue weighted by Crippen LogP contribution is -2.08. The van der Waals surface area contributed by atoms with Crippen LogP contribution in [0, 0.1) is 18.3 Å². The zero-order valence-corrected chi connectivity index (χ0v) is 13.9. The minimum absolute atomic E-state index is 0.101. The minimum Gasteiger partial charge on any atom is -0.497 e. The minimum atomic E-state index is -0.447. The fraction of sp³-hybridized carbons (Fsp3) is 0.150. The van der Waals surface area contributed by atoms with Gasteiger partial charge in [-0.3, -0.25) is 4.98 Å². The molecule has 0 aliphatic carbocycles. The van der Waals surface area contributed by atoms with Crippen molar-refractivity contribution in [1.29, 1.82) is 5.26 Å². The molecular weight excluding hydrogens is 316 g/mol. The van der Waals surface area contributed by atoms with Crippen LogP contribution in [0.1, 0.15) is 27.2 Å². The van der Waals surface area contributed by atoms with Gasteiger partial charge >= 0.3 is 5.97 Å². The molecule has 0 aliphatic heterocycles. The first-order chi connectivity index (χ1) is 12.1. The van der Waals surface area contributed by atoms with E-state index in [4.69, 9.17) is 14.7 Å². The molecular formula is C20H16N2O3. The third-order valence-electron chi connectivity index (χ3n) is 3.86. The first-order valence-electron chi connectivity index (χ1n) is 7.72. The lowest BCUT2D eigenvalue weighted by Gasteiger charge is -2.09. The van der Waals surface area contributed by atoms with Crippen molar-refractivity contribution in [2.24, 2.45) is 0 Å². The van der Waals surface area contributed by atoms with E-state index < -0.39 is 5.97 Å². The number of aromatic nitrogens is 1. The Morgan fingerprint density at radius 1 is 1.20 bits per heavy atom. The predicted octanol–water partition coefficient (Wildman–Crippen LogP) is 3.78. The van der Waals surface area contributed by atoms with E-state index in [0.717, 1.165) is 16.5 Å². The molecule has 0 amide bonds. The number of ether oxygens (including phenoxy) is 2. The van der Waals surface area contributed by atoms with Gasteiger partial charge in [-0.05, 0) is 48.9 Å². The highest BCUT2D eigenvalue weighted by molar-refractivity contribution is 5.95.